The van der Waals surface area contributed by atoms with E-state index in [0.717, 1.165) is 4.47 Å². The smallest absolute Gasteiger partial charge is 0.301 e. The number of Topliss-reactive ketones (excluding diaryl/α,β-unsaturated/α-hetero) is 1. The van der Waals surface area contributed by atoms with Crippen LogP contribution >= 0.6 is 27.3 Å². The first-order valence-electron chi connectivity index (χ1n) is 9.70. The molecular formula is C22H16BrN3O5S. The number of ether oxygens (including phenoxy) is 2. The van der Waals surface area contributed by atoms with Crippen molar-refractivity contribution in [3.05, 3.63) is 68.6 Å². The molecule has 32 heavy (non-hydrogen) atoms. The fraction of sp³-hybridized carbons (Fsp3) is 0.182. The van der Waals surface area contributed by atoms with Crippen molar-refractivity contribution in [2.45, 2.75) is 13.0 Å². The van der Waals surface area contributed by atoms with Gasteiger partial charge >= 0.3 is 5.91 Å². The summed E-state index contributed by atoms with van der Waals surface area (Å²) in [5, 5.41) is 20.2. The number of anilines is 1. The standard InChI is InChI=1S/C22H16BrN3O5S/c1-11-24-25-22(32-11)26-18(12-2-5-14(23)6-3-12)17(20(28)21(26)29)19(27)13-4-7-15-16(10-13)31-9-8-30-15/h2-7,10,18,27H,8-9H2,1H3/b19-17+/t18-/m1/s1. The number of benzene rings is 2. The zero-order valence-corrected chi connectivity index (χ0v) is 19.1. The molecule has 1 N–H and O–H groups in total. The van der Waals surface area contributed by atoms with Gasteiger partial charge in [-0.15, -0.1) is 10.2 Å². The Morgan fingerprint density at radius 3 is 2.50 bits per heavy atom. The van der Waals surface area contributed by atoms with Crippen molar-refractivity contribution in [3.63, 3.8) is 0 Å². The van der Waals surface area contributed by atoms with Crippen molar-refractivity contribution in [1.82, 2.24) is 10.2 Å². The van der Waals surface area contributed by atoms with E-state index in [4.69, 9.17) is 9.47 Å². The van der Waals surface area contributed by atoms with E-state index in [-0.39, 0.29) is 11.3 Å². The van der Waals surface area contributed by atoms with Crippen molar-refractivity contribution in [3.8, 4) is 11.5 Å². The minimum Gasteiger partial charge on any atom is -0.507 e. The highest BCUT2D eigenvalue weighted by atomic mass is 79.9. The van der Waals surface area contributed by atoms with E-state index >= 15 is 0 Å². The summed E-state index contributed by atoms with van der Waals surface area (Å²) in [7, 11) is 0. The third-order valence-corrected chi connectivity index (χ3v) is 6.53. The Morgan fingerprint density at radius 2 is 1.81 bits per heavy atom. The molecule has 0 spiro atoms. The van der Waals surface area contributed by atoms with E-state index in [0.29, 0.717) is 46.0 Å². The van der Waals surface area contributed by atoms with Gasteiger partial charge in [-0.05, 0) is 42.8 Å². The number of hydrogen-bond donors (Lipinski definition) is 1. The maximum Gasteiger partial charge on any atom is 0.301 e. The average molecular weight is 514 g/mol. The molecule has 1 atom stereocenters. The molecule has 1 saturated heterocycles. The Bertz CT molecular complexity index is 1270. The van der Waals surface area contributed by atoms with Gasteiger partial charge in [0.25, 0.3) is 5.78 Å². The molecule has 0 unspecified atom stereocenters. The molecular weight excluding hydrogens is 498 g/mol. The van der Waals surface area contributed by atoms with Gasteiger partial charge in [0.1, 0.15) is 24.0 Å². The molecule has 2 aliphatic heterocycles. The molecule has 8 nitrogen and oxygen atoms in total. The summed E-state index contributed by atoms with van der Waals surface area (Å²) in [6, 6.07) is 11.2. The van der Waals surface area contributed by atoms with Crippen molar-refractivity contribution in [2.75, 3.05) is 18.1 Å². The Balaban J connectivity index is 1.69. The molecule has 2 aromatic carbocycles. The van der Waals surface area contributed by atoms with Crippen LogP contribution in [-0.2, 0) is 9.59 Å². The van der Waals surface area contributed by atoms with Crippen LogP contribution in [0.5, 0.6) is 11.5 Å². The third-order valence-electron chi connectivity index (χ3n) is 5.17. The molecule has 1 amide bonds. The number of halogens is 1. The average Bonchev–Trinajstić information content (AvgIpc) is 3.34. The number of fused-ring (bicyclic) bond motifs is 1. The van der Waals surface area contributed by atoms with Gasteiger partial charge < -0.3 is 14.6 Å². The Labute approximate surface area is 195 Å². The van der Waals surface area contributed by atoms with Crippen LogP contribution in [0.2, 0.25) is 0 Å². The molecule has 1 fully saturated rings. The quantitative estimate of drug-likeness (QED) is 0.320. The minimum atomic E-state index is -0.858. The maximum atomic E-state index is 13.1. The molecule has 0 bridgehead atoms. The number of hydrogen-bond acceptors (Lipinski definition) is 8. The van der Waals surface area contributed by atoms with Gasteiger partial charge in [-0.3, -0.25) is 14.5 Å². The van der Waals surface area contributed by atoms with Crippen LogP contribution in [0, 0.1) is 6.92 Å². The molecule has 0 saturated carbocycles. The molecule has 10 heteroatoms. The van der Waals surface area contributed by atoms with Crippen LogP contribution in [0.25, 0.3) is 5.76 Å². The Morgan fingerprint density at radius 1 is 1.09 bits per heavy atom. The van der Waals surface area contributed by atoms with E-state index in [9.17, 15) is 14.7 Å². The highest BCUT2D eigenvalue weighted by Crippen LogP contribution is 2.44. The Hall–Kier alpha value is -3.24. The topological polar surface area (TPSA) is 102 Å². The second-order valence-electron chi connectivity index (χ2n) is 7.18. The van der Waals surface area contributed by atoms with E-state index in [1.165, 1.54) is 16.2 Å². The maximum absolute atomic E-state index is 13.1. The lowest BCUT2D eigenvalue weighted by atomic mass is 9.95. The number of aliphatic hydroxyl groups excluding tert-OH is 1. The number of nitrogens with zero attached hydrogens (tertiary/aromatic N) is 3. The third kappa shape index (κ3) is 3.45. The molecule has 1 aromatic heterocycles. The summed E-state index contributed by atoms with van der Waals surface area (Å²) in [6.07, 6.45) is 0. The van der Waals surface area contributed by atoms with Gasteiger partial charge in [0.15, 0.2) is 11.5 Å². The van der Waals surface area contributed by atoms with E-state index in [1.807, 2.05) is 12.1 Å². The zero-order valence-electron chi connectivity index (χ0n) is 16.7. The highest BCUT2D eigenvalue weighted by Gasteiger charge is 2.48. The summed E-state index contributed by atoms with van der Waals surface area (Å²) in [5.74, 6) is -0.834. The van der Waals surface area contributed by atoms with Crippen LogP contribution in [-0.4, -0.2) is 40.2 Å². The van der Waals surface area contributed by atoms with Crippen molar-refractivity contribution in [2.24, 2.45) is 0 Å². The summed E-state index contributed by atoms with van der Waals surface area (Å²) < 4.78 is 12.0. The number of rotatable bonds is 3. The van der Waals surface area contributed by atoms with Crippen LogP contribution in [0.3, 0.4) is 0 Å². The second-order valence-corrected chi connectivity index (χ2v) is 9.26. The van der Waals surface area contributed by atoms with E-state index < -0.39 is 17.7 Å². The first-order valence-corrected chi connectivity index (χ1v) is 11.3. The molecule has 0 aliphatic carbocycles. The minimum absolute atomic E-state index is 0.0261. The first-order chi connectivity index (χ1) is 15.4. The lowest BCUT2D eigenvalue weighted by Crippen LogP contribution is -2.29. The lowest BCUT2D eigenvalue weighted by molar-refractivity contribution is -0.132. The van der Waals surface area contributed by atoms with Gasteiger partial charge in [0.2, 0.25) is 5.13 Å². The van der Waals surface area contributed by atoms with Gasteiger partial charge in [-0.1, -0.05) is 39.4 Å². The normalized spacial score (nSPS) is 19.4. The Kier molecular flexibility index (Phi) is 5.18. The number of amides is 1. The summed E-state index contributed by atoms with van der Waals surface area (Å²) in [5.41, 5.74) is 0.976. The molecule has 2 aliphatic rings. The number of carbonyl (C=O) groups excluding carboxylic acids is 2. The van der Waals surface area contributed by atoms with Crippen LogP contribution in [0.1, 0.15) is 22.2 Å². The summed E-state index contributed by atoms with van der Waals surface area (Å²) >= 11 is 4.60. The number of aromatic nitrogens is 2. The number of ketones is 1. The molecule has 3 heterocycles. The number of carbonyl (C=O) groups is 2. The number of aliphatic hydroxyl groups is 1. The fourth-order valence-corrected chi connectivity index (χ4v) is 4.70. The second kappa shape index (κ2) is 8.03. The van der Waals surface area contributed by atoms with Gasteiger partial charge in [0, 0.05) is 10.0 Å². The SMILES string of the molecule is Cc1nnc(N2C(=O)C(=O)/C(=C(/O)c3ccc4c(c3)OCCO4)[C@H]2c2ccc(Br)cc2)s1. The van der Waals surface area contributed by atoms with E-state index in [1.54, 1.807) is 37.3 Å². The van der Waals surface area contributed by atoms with Crippen molar-refractivity contribution in [1.29, 1.82) is 0 Å². The summed E-state index contributed by atoms with van der Waals surface area (Å²) in [6.45, 7) is 2.59. The van der Waals surface area contributed by atoms with Crippen LogP contribution in [0.4, 0.5) is 5.13 Å². The van der Waals surface area contributed by atoms with Crippen molar-refractivity contribution >= 4 is 49.8 Å². The largest absolute Gasteiger partial charge is 0.507 e. The lowest BCUT2D eigenvalue weighted by Gasteiger charge is -2.23. The highest BCUT2D eigenvalue weighted by molar-refractivity contribution is 9.10. The van der Waals surface area contributed by atoms with E-state index in [2.05, 4.69) is 26.1 Å². The molecule has 3 aromatic rings. The molecule has 162 valence electrons. The molecule has 5 rings (SSSR count). The monoisotopic (exact) mass is 513 g/mol. The van der Waals surface area contributed by atoms with Gasteiger partial charge in [-0.2, -0.15) is 0 Å². The first kappa shape index (κ1) is 20.7. The van der Waals surface area contributed by atoms with Gasteiger partial charge in [0.05, 0.1) is 11.6 Å². The van der Waals surface area contributed by atoms with Crippen LogP contribution < -0.4 is 14.4 Å². The summed E-state index contributed by atoms with van der Waals surface area (Å²) in [4.78, 5) is 27.5. The van der Waals surface area contributed by atoms with Gasteiger partial charge in [-0.25, -0.2) is 0 Å². The van der Waals surface area contributed by atoms with Crippen molar-refractivity contribution < 1.29 is 24.2 Å². The fourth-order valence-electron chi connectivity index (χ4n) is 3.72. The predicted octanol–water partition coefficient (Wildman–Crippen LogP) is 4.01. The zero-order chi connectivity index (χ0) is 22.4. The number of aryl methyl sites for hydroxylation is 1. The van der Waals surface area contributed by atoms with Crippen LogP contribution in [0.15, 0.2) is 52.5 Å². The molecule has 0 radical (unpaired) electrons. The predicted molar refractivity (Wildman–Crippen MR) is 121 cm³/mol.